The summed E-state index contributed by atoms with van der Waals surface area (Å²) < 4.78 is 0. The Morgan fingerprint density at radius 3 is 2.58 bits per heavy atom. The molecule has 2 fully saturated rings. The Bertz CT molecular complexity index is 685. The number of anilines is 1. The van der Waals surface area contributed by atoms with Gasteiger partial charge in [0.2, 0.25) is 11.8 Å². The maximum absolute atomic E-state index is 13.1. The molecule has 2 aliphatic rings. The third-order valence-electron chi connectivity index (χ3n) is 5.15. The lowest BCUT2D eigenvalue weighted by atomic mass is 9.95. The van der Waals surface area contributed by atoms with Crippen LogP contribution in [0.2, 0.25) is 0 Å². The first-order chi connectivity index (χ1) is 12.5. The summed E-state index contributed by atoms with van der Waals surface area (Å²) in [5.74, 6) is -0.0823. The number of nitrogens with zero attached hydrogens (tertiary/aromatic N) is 1. The van der Waals surface area contributed by atoms with Crippen LogP contribution in [-0.2, 0) is 14.4 Å². The Morgan fingerprint density at radius 1 is 1.19 bits per heavy atom. The molecule has 1 aromatic rings. The van der Waals surface area contributed by atoms with E-state index in [1.165, 1.54) is 18.2 Å². The number of carbonyl (C=O) groups is 3. The molecular weight excluding hydrogens is 348 g/mol. The van der Waals surface area contributed by atoms with E-state index in [9.17, 15) is 14.4 Å². The van der Waals surface area contributed by atoms with Gasteiger partial charge in [0.15, 0.2) is 5.12 Å². The topological polar surface area (TPSA) is 66.5 Å². The van der Waals surface area contributed by atoms with E-state index in [2.05, 4.69) is 5.32 Å². The SMILES string of the molecule is Cc1ccccc1N(CC(=O)NC1CCCCC1)C(=O)[C@@H]1CSC(=O)C1. The van der Waals surface area contributed by atoms with Gasteiger partial charge in [0.25, 0.3) is 0 Å². The number of thioether (sulfide) groups is 1. The molecule has 1 saturated heterocycles. The summed E-state index contributed by atoms with van der Waals surface area (Å²) in [6.45, 7) is 1.94. The lowest BCUT2D eigenvalue weighted by molar-refractivity contribution is -0.126. The molecular formula is C20H26N2O3S. The molecule has 1 aromatic carbocycles. The van der Waals surface area contributed by atoms with Crippen molar-refractivity contribution in [3.8, 4) is 0 Å². The fourth-order valence-electron chi connectivity index (χ4n) is 3.70. The van der Waals surface area contributed by atoms with Crippen LogP contribution in [0.3, 0.4) is 0 Å². The molecule has 1 N–H and O–H groups in total. The Kier molecular flexibility index (Phi) is 6.35. The summed E-state index contributed by atoms with van der Waals surface area (Å²) in [6, 6.07) is 7.80. The molecule has 5 nitrogen and oxygen atoms in total. The molecule has 1 atom stereocenters. The molecule has 1 aliphatic carbocycles. The molecule has 0 radical (unpaired) electrons. The van der Waals surface area contributed by atoms with Gasteiger partial charge in [-0.1, -0.05) is 49.2 Å². The van der Waals surface area contributed by atoms with Crippen LogP contribution in [-0.4, -0.2) is 35.3 Å². The number of hydrogen-bond acceptors (Lipinski definition) is 4. The Morgan fingerprint density at radius 2 is 1.92 bits per heavy atom. The Balaban J connectivity index is 1.74. The van der Waals surface area contributed by atoms with Crippen LogP contribution in [0.25, 0.3) is 0 Å². The monoisotopic (exact) mass is 374 g/mol. The van der Waals surface area contributed by atoms with E-state index in [0.29, 0.717) is 5.75 Å². The van der Waals surface area contributed by atoms with Crippen LogP contribution in [0.5, 0.6) is 0 Å². The van der Waals surface area contributed by atoms with Gasteiger partial charge in [-0.15, -0.1) is 0 Å². The summed E-state index contributed by atoms with van der Waals surface area (Å²) in [6.07, 6.45) is 5.80. The van der Waals surface area contributed by atoms with Gasteiger partial charge in [0.05, 0.1) is 5.92 Å². The van der Waals surface area contributed by atoms with Gasteiger partial charge in [-0.25, -0.2) is 0 Å². The molecule has 0 spiro atoms. The van der Waals surface area contributed by atoms with Crippen LogP contribution < -0.4 is 10.2 Å². The van der Waals surface area contributed by atoms with Crippen LogP contribution >= 0.6 is 11.8 Å². The largest absolute Gasteiger partial charge is 0.352 e. The number of benzene rings is 1. The van der Waals surface area contributed by atoms with Gasteiger partial charge in [0, 0.05) is 23.9 Å². The standard InChI is InChI=1S/C20H26N2O3S/c1-14-7-5-6-10-17(14)22(20(25)15-11-19(24)26-13-15)12-18(23)21-16-8-3-2-4-9-16/h5-7,10,15-16H,2-4,8-9,11-13H2,1H3,(H,21,23)/t15-/m0/s1. The van der Waals surface area contributed by atoms with Crippen molar-refractivity contribution >= 4 is 34.4 Å². The number of nitrogens with one attached hydrogen (secondary N) is 1. The predicted octanol–water partition coefficient (Wildman–Crippen LogP) is 3.06. The molecule has 3 rings (SSSR count). The normalized spacial score (nSPS) is 20.8. The fourth-order valence-corrected chi connectivity index (χ4v) is 4.67. The number of aryl methyl sites for hydroxylation is 1. The number of carbonyl (C=O) groups excluding carboxylic acids is 3. The van der Waals surface area contributed by atoms with Crippen LogP contribution in [0.4, 0.5) is 5.69 Å². The maximum atomic E-state index is 13.1. The lowest BCUT2D eigenvalue weighted by Crippen LogP contribution is -2.46. The minimum Gasteiger partial charge on any atom is -0.352 e. The van der Waals surface area contributed by atoms with Gasteiger partial charge >= 0.3 is 0 Å². The van der Waals surface area contributed by atoms with E-state index < -0.39 is 0 Å². The zero-order valence-corrected chi connectivity index (χ0v) is 16.0. The molecule has 26 heavy (non-hydrogen) atoms. The summed E-state index contributed by atoms with van der Waals surface area (Å²) in [4.78, 5) is 38.8. The number of rotatable bonds is 5. The summed E-state index contributed by atoms with van der Waals surface area (Å²) in [5, 5.41) is 3.14. The van der Waals surface area contributed by atoms with Gasteiger partial charge in [-0.3, -0.25) is 14.4 Å². The van der Waals surface area contributed by atoms with Crippen LogP contribution in [0.1, 0.15) is 44.1 Å². The molecule has 2 amide bonds. The van der Waals surface area contributed by atoms with E-state index in [1.807, 2.05) is 31.2 Å². The third-order valence-corrected chi connectivity index (χ3v) is 6.21. The molecule has 140 valence electrons. The first-order valence-corrected chi connectivity index (χ1v) is 10.3. The average Bonchev–Trinajstić information content (AvgIpc) is 3.07. The summed E-state index contributed by atoms with van der Waals surface area (Å²) >= 11 is 1.21. The van der Waals surface area contributed by atoms with E-state index in [4.69, 9.17) is 0 Å². The highest BCUT2D eigenvalue weighted by Gasteiger charge is 2.34. The first kappa shape index (κ1) is 19.0. The van der Waals surface area contributed by atoms with Gasteiger partial charge in [0.1, 0.15) is 6.54 Å². The number of hydrogen-bond donors (Lipinski definition) is 1. The van der Waals surface area contributed by atoms with Crippen molar-refractivity contribution in [2.75, 3.05) is 17.2 Å². The minimum absolute atomic E-state index is 0.00947. The highest BCUT2D eigenvalue weighted by atomic mass is 32.2. The van der Waals surface area contributed by atoms with E-state index >= 15 is 0 Å². The van der Waals surface area contributed by atoms with Crippen molar-refractivity contribution < 1.29 is 14.4 Å². The van der Waals surface area contributed by atoms with Crippen LogP contribution in [0, 0.1) is 12.8 Å². The Hall–Kier alpha value is -1.82. The van der Waals surface area contributed by atoms with E-state index in [0.717, 1.165) is 36.9 Å². The molecule has 6 heteroatoms. The second-order valence-corrected chi connectivity index (χ2v) is 8.27. The van der Waals surface area contributed by atoms with Crippen molar-refractivity contribution in [1.29, 1.82) is 0 Å². The first-order valence-electron chi connectivity index (χ1n) is 9.36. The van der Waals surface area contributed by atoms with E-state index in [-0.39, 0.29) is 41.9 Å². The zero-order chi connectivity index (χ0) is 18.5. The summed E-state index contributed by atoms with van der Waals surface area (Å²) in [7, 11) is 0. The van der Waals surface area contributed by atoms with Crippen molar-refractivity contribution in [3.05, 3.63) is 29.8 Å². The second-order valence-electron chi connectivity index (χ2n) is 7.20. The summed E-state index contributed by atoms with van der Waals surface area (Å²) in [5.41, 5.74) is 1.70. The van der Waals surface area contributed by atoms with Crippen molar-refractivity contribution in [2.24, 2.45) is 5.92 Å². The van der Waals surface area contributed by atoms with E-state index in [1.54, 1.807) is 4.90 Å². The van der Waals surface area contributed by atoms with Crippen molar-refractivity contribution in [1.82, 2.24) is 5.32 Å². The molecule has 0 aromatic heterocycles. The predicted molar refractivity (Wildman–Crippen MR) is 104 cm³/mol. The highest BCUT2D eigenvalue weighted by molar-refractivity contribution is 8.14. The molecule has 1 aliphatic heterocycles. The van der Waals surface area contributed by atoms with Gasteiger partial charge in [-0.05, 0) is 31.4 Å². The maximum Gasteiger partial charge on any atom is 0.240 e. The lowest BCUT2D eigenvalue weighted by Gasteiger charge is -2.28. The molecule has 0 unspecified atom stereocenters. The van der Waals surface area contributed by atoms with Crippen molar-refractivity contribution in [2.45, 2.75) is 51.5 Å². The highest BCUT2D eigenvalue weighted by Crippen LogP contribution is 2.30. The van der Waals surface area contributed by atoms with Gasteiger partial charge in [-0.2, -0.15) is 0 Å². The van der Waals surface area contributed by atoms with Crippen LogP contribution in [0.15, 0.2) is 24.3 Å². The number of para-hydroxylation sites is 1. The molecule has 1 heterocycles. The molecule has 0 bridgehead atoms. The van der Waals surface area contributed by atoms with Gasteiger partial charge < -0.3 is 10.2 Å². The minimum atomic E-state index is -0.338. The second kappa shape index (κ2) is 8.71. The average molecular weight is 375 g/mol. The zero-order valence-electron chi connectivity index (χ0n) is 15.2. The molecule has 1 saturated carbocycles. The number of amides is 2. The fraction of sp³-hybridized carbons (Fsp3) is 0.550. The smallest absolute Gasteiger partial charge is 0.240 e. The van der Waals surface area contributed by atoms with Crippen molar-refractivity contribution in [3.63, 3.8) is 0 Å². The third kappa shape index (κ3) is 4.67. The Labute approximate surface area is 158 Å². The quantitative estimate of drug-likeness (QED) is 0.860.